The van der Waals surface area contributed by atoms with Crippen molar-refractivity contribution < 1.29 is 4.79 Å². The maximum atomic E-state index is 11.7. The van der Waals surface area contributed by atoms with Gasteiger partial charge in [-0.25, -0.2) is 0 Å². The summed E-state index contributed by atoms with van der Waals surface area (Å²) in [5.41, 5.74) is 3.22. The molecule has 0 aliphatic rings. The van der Waals surface area contributed by atoms with E-state index in [1.807, 2.05) is 12.1 Å². The number of carbonyl (C=O) groups is 1. The molecule has 0 atom stereocenters. The molecule has 21 heavy (non-hydrogen) atoms. The van der Waals surface area contributed by atoms with Crippen molar-refractivity contribution in [2.24, 2.45) is 0 Å². The van der Waals surface area contributed by atoms with Gasteiger partial charge in [0.25, 0.3) is 0 Å². The Morgan fingerprint density at radius 2 is 1.76 bits per heavy atom. The van der Waals surface area contributed by atoms with Gasteiger partial charge in [0.15, 0.2) is 5.78 Å². The monoisotopic (exact) mass is 343 g/mol. The highest BCUT2D eigenvalue weighted by Crippen LogP contribution is 2.32. The van der Waals surface area contributed by atoms with E-state index in [2.05, 4.69) is 51.7 Å². The van der Waals surface area contributed by atoms with Crippen LogP contribution in [0.25, 0.3) is 21.8 Å². The normalized spacial score (nSPS) is 11.4. The number of benzene rings is 2. The Labute approximate surface area is 132 Å². The van der Waals surface area contributed by atoms with Crippen LogP contribution in [0.1, 0.15) is 37.0 Å². The first-order chi connectivity index (χ1) is 10.1. The number of fused-ring (bicyclic) bond motifs is 3. The summed E-state index contributed by atoms with van der Waals surface area (Å²) in [5.74, 6) is 0.112. The van der Waals surface area contributed by atoms with E-state index < -0.39 is 0 Å². The number of Topliss-reactive ketones (excluding diaryl/α,β-unsaturated/α-hetero) is 1. The van der Waals surface area contributed by atoms with E-state index in [0.29, 0.717) is 0 Å². The van der Waals surface area contributed by atoms with E-state index in [1.165, 1.54) is 22.8 Å². The first kappa shape index (κ1) is 14.3. The van der Waals surface area contributed by atoms with Gasteiger partial charge in [-0.3, -0.25) is 4.79 Å². The molecule has 3 heteroatoms. The number of unbranched alkanes of at least 4 members (excludes halogenated alkanes) is 1. The van der Waals surface area contributed by atoms with Crippen molar-refractivity contribution in [3.05, 3.63) is 46.4 Å². The third-order valence-electron chi connectivity index (χ3n) is 3.97. The fourth-order valence-electron chi connectivity index (χ4n) is 2.85. The van der Waals surface area contributed by atoms with E-state index in [1.54, 1.807) is 6.92 Å². The maximum absolute atomic E-state index is 11.7. The molecule has 0 unspecified atom stereocenters. The predicted molar refractivity (Wildman–Crippen MR) is 92.1 cm³/mol. The van der Waals surface area contributed by atoms with Crippen LogP contribution in [-0.4, -0.2) is 10.4 Å². The number of ketones is 1. The molecule has 0 fully saturated rings. The lowest BCUT2D eigenvalue weighted by Gasteiger charge is -2.06. The topological polar surface area (TPSA) is 22.0 Å². The first-order valence-electron chi connectivity index (χ1n) is 7.34. The van der Waals surface area contributed by atoms with E-state index in [-0.39, 0.29) is 5.78 Å². The van der Waals surface area contributed by atoms with Crippen LogP contribution in [0, 0.1) is 0 Å². The molecule has 3 rings (SSSR count). The molecule has 0 bridgehead atoms. The van der Waals surface area contributed by atoms with Gasteiger partial charge < -0.3 is 4.57 Å². The smallest absolute Gasteiger partial charge is 0.159 e. The summed E-state index contributed by atoms with van der Waals surface area (Å²) in [5, 5.41) is 2.37. The van der Waals surface area contributed by atoms with Crippen LogP contribution in [0.2, 0.25) is 0 Å². The van der Waals surface area contributed by atoms with E-state index in [9.17, 15) is 4.79 Å². The highest BCUT2D eigenvalue weighted by atomic mass is 79.9. The van der Waals surface area contributed by atoms with Gasteiger partial charge in [-0.15, -0.1) is 0 Å². The Hall–Kier alpha value is -1.61. The largest absolute Gasteiger partial charge is 0.340 e. The fourth-order valence-corrected chi connectivity index (χ4v) is 3.21. The Balaban J connectivity index is 2.34. The molecule has 0 saturated carbocycles. The minimum absolute atomic E-state index is 0.112. The zero-order chi connectivity index (χ0) is 15.0. The van der Waals surface area contributed by atoms with Crippen molar-refractivity contribution >= 4 is 43.5 Å². The molecule has 0 radical (unpaired) electrons. The molecule has 2 aromatic carbocycles. The summed E-state index contributed by atoms with van der Waals surface area (Å²) in [7, 11) is 0. The highest BCUT2D eigenvalue weighted by Gasteiger charge is 2.12. The molecule has 1 aromatic heterocycles. The number of nitrogens with zero attached hydrogens (tertiary/aromatic N) is 1. The van der Waals surface area contributed by atoms with Gasteiger partial charge in [0.1, 0.15) is 0 Å². The van der Waals surface area contributed by atoms with Crippen LogP contribution < -0.4 is 0 Å². The number of hydrogen-bond acceptors (Lipinski definition) is 1. The number of rotatable bonds is 4. The lowest BCUT2D eigenvalue weighted by atomic mass is 10.1. The van der Waals surface area contributed by atoms with Crippen LogP contribution in [0.4, 0.5) is 0 Å². The third kappa shape index (κ3) is 2.51. The minimum Gasteiger partial charge on any atom is -0.340 e. The molecular formula is C18H18BrNO. The van der Waals surface area contributed by atoms with Gasteiger partial charge in [0.2, 0.25) is 0 Å². The minimum atomic E-state index is 0.112. The SMILES string of the molecule is CCCCn1c2ccc(Br)cc2c2cc(C(C)=O)ccc21. The number of hydrogen-bond donors (Lipinski definition) is 0. The standard InChI is InChI=1S/C18H18BrNO/c1-3-4-9-20-17-7-5-13(12(2)21)10-15(17)16-11-14(19)6-8-18(16)20/h5-8,10-11H,3-4,9H2,1-2H3. The van der Waals surface area contributed by atoms with Crippen molar-refractivity contribution in [1.29, 1.82) is 0 Å². The van der Waals surface area contributed by atoms with E-state index >= 15 is 0 Å². The van der Waals surface area contributed by atoms with Gasteiger partial charge in [0, 0.05) is 38.4 Å². The molecule has 0 aliphatic heterocycles. The second kappa shape index (κ2) is 5.64. The molecule has 2 nitrogen and oxygen atoms in total. The number of aryl methyl sites for hydroxylation is 1. The second-order valence-corrected chi connectivity index (χ2v) is 6.37. The molecule has 3 aromatic rings. The fraction of sp³-hybridized carbons (Fsp3) is 0.278. The van der Waals surface area contributed by atoms with E-state index in [0.717, 1.165) is 28.4 Å². The van der Waals surface area contributed by atoms with Crippen molar-refractivity contribution in [3.63, 3.8) is 0 Å². The van der Waals surface area contributed by atoms with Crippen molar-refractivity contribution in [2.75, 3.05) is 0 Å². The molecule has 0 saturated heterocycles. The average molecular weight is 344 g/mol. The van der Waals surface area contributed by atoms with Gasteiger partial charge >= 0.3 is 0 Å². The maximum Gasteiger partial charge on any atom is 0.159 e. The van der Waals surface area contributed by atoms with Crippen LogP contribution in [0.5, 0.6) is 0 Å². The average Bonchev–Trinajstić information content (AvgIpc) is 2.77. The second-order valence-electron chi connectivity index (χ2n) is 5.45. The Morgan fingerprint density at radius 1 is 1.10 bits per heavy atom. The van der Waals surface area contributed by atoms with Crippen LogP contribution >= 0.6 is 15.9 Å². The first-order valence-corrected chi connectivity index (χ1v) is 8.13. The van der Waals surface area contributed by atoms with Gasteiger partial charge in [-0.1, -0.05) is 29.3 Å². The van der Waals surface area contributed by atoms with Crippen molar-refractivity contribution in [3.8, 4) is 0 Å². The summed E-state index contributed by atoms with van der Waals surface area (Å²) in [6.45, 7) is 4.84. The van der Waals surface area contributed by atoms with Crippen molar-refractivity contribution in [2.45, 2.75) is 33.2 Å². The number of aromatic nitrogens is 1. The molecular weight excluding hydrogens is 326 g/mol. The number of carbonyl (C=O) groups excluding carboxylic acids is 1. The van der Waals surface area contributed by atoms with Crippen LogP contribution in [0.3, 0.4) is 0 Å². The van der Waals surface area contributed by atoms with E-state index in [4.69, 9.17) is 0 Å². The zero-order valence-corrected chi connectivity index (χ0v) is 13.9. The lowest BCUT2D eigenvalue weighted by Crippen LogP contribution is -1.97. The summed E-state index contributed by atoms with van der Waals surface area (Å²) in [6.07, 6.45) is 2.33. The Morgan fingerprint density at radius 3 is 2.43 bits per heavy atom. The van der Waals surface area contributed by atoms with Gasteiger partial charge in [-0.2, -0.15) is 0 Å². The third-order valence-corrected chi connectivity index (χ3v) is 4.46. The molecule has 108 valence electrons. The summed E-state index contributed by atoms with van der Waals surface area (Å²) in [6, 6.07) is 12.4. The van der Waals surface area contributed by atoms with Gasteiger partial charge in [-0.05, 0) is 49.7 Å². The summed E-state index contributed by atoms with van der Waals surface area (Å²) in [4.78, 5) is 11.7. The lowest BCUT2D eigenvalue weighted by molar-refractivity contribution is 0.101. The van der Waals surface area contributed by atoms with Gasteiger partial charge in [0.05, 0.1) is 0 Å². The molecule has 0 N–H and O–H groups in total. The van der Waals surface area contributed by atoms with Crippen LogP contribution in [-0.2, 0) is 6.54 Å². The molecule has 0 aliphatic carbocycles. The summed E-state index contributed by atoms with van der Waals surface area (Å²) < 4.78 is 3.43. The van der Waals surface area contributed by atoms with Crippen LogP contribution in [0.15, 0.2) is 40.9 Å². The quantitative estimate of drug-likeness (QED) is 0.568. The Bertz CT molecular complexity index is 832. The highest BCUT2D eigenvalue weighted by molar-refractivity contribution is 9.10. The summed E-state index contributed by atoms with van der Waals surface area (Å²) >= 11 is 3.55. The zero-order valence-electron chi connectivity index (χ0n) is 12.3. The predicted octanol–water partition coefficient (Wildman–Crippen LogP) is 5.56. The molecule has 1 heterocycles. The Kier molecular flexibility index (Phi) is 3.85. The molecule has 0 spiro atoms. The molecule has 0 amide bonds. The number of halogens is 1. The van der Waals surface area contributed by atoms with Crippen molar-refractivity contribution in [1.82, 2.24) is 4.57 Å².